The van der Waals surface area contributed by atoms with E-state index in [1.54, 1.807) is 61.3 Å². The summed E-state index contributed by atoms with van der Waals surface area (Å²) in [5, 5.41) is 1.39. The Morgan fingerprint density at radius 3 is 2.17 bits per heavy atom. The number of benzene rings is 2. The highest BCUT2D eigenvalue weighted by atomic mass is 16.5. The number of likely N-dealkylation sites (tertiary alicyclic amines) is 1. The van der Waals surface area contributed by atoms with Crippen LogP contribution in [0, 0.1) is 5.92 Å². The number of nitrogens with zero attached hydrogens (tertiary/aromatic N) is 6. The Labute approximate surface area is 315 Å². The molecule has 0 spiro atoms. The number of fused-ring (bicyclic) bond motifs is 1. The van der Waals surface area contributed by atoms with E-state index in [2.05, 4.69) is 14.8 Å². The molecule has 0 aliphatic carbocycles. The highest BCUT2D eigenvalue weighted by Gasteiger charge is 2.30. The van der Waals surface area contributed by atoms with Gasteiger partial charge < -0.3 is 33.5 Å². The van der Waals surface area contributed by atoms with Crippen LogP contribution in [-0.4, -0.2) is 116 Å². The van der Waals surface area contributed by atoms with Gasteiger partial charge in [0.25, 0.3) is 11.5 Å². The van der Waals surface area contributed by atoms with E-state index >= 15 is 0 Å². The molecule has 5 heterocycles. The molecule has 0 N–H and O–H groups in total. The molecule has 2 aromatic heterocycles. The average Bonchev–Trinajstić information content (AvgIpc) is 3.20. The number of piperazine rings is 1. The van der Waals surface area contributed by atoms with E-state index in [0.717, 1.165) is 79.1 Å². The molecule has 0 bridgehead atoms. The molecule has 7 rings (SSSR count). The number of methoxy groups -OCH3 is 3. The monoisotopic (exact) mass is 736 g/mol. The number of carbonyl (C=O) groups excluding carboxylic acids is 3. The number of aromatic nitrogens is 2. The van der Waals surface area contributed by atoms with Crippen molar-refractivity contribution in [2.24, 2.45) is 13.0 Å². The van der Waals surface area contributed by atoms with Gasteiger partial charge in [0.2, 0.25) is 5.91 Å². The van der Waals surface area contributed by atoms with Crippen LogP contribution in [0.15, 0.2) is 59.8 Å². The topological polar surface area (TPSA) is 127 Å². The number of pyridine rings is 2. The van der Waals surface area contributed by atoms with Crippen LogP contribution < -0.4 is 24.7 Å². The number of carbonyl (C=O) groups is 3. The molecule has 13 heteroatoms. The summed E-state index contributed by atoms with van der Waals surface area (Å²) in [4.78, 5) is 63.4. The lowest BCUT2D eigenvalue weighted by Crippen LogP contribution is -2.48. The van der Waals surface area contributed by atoms with Gasteiger partial charge in [-0.25, -0.2) is 0 Å². The minimum absolute atomic E-state index is 0.0505. The summed E-state index contributed by atoms with van der Waals surface area (Å²) < 4.78 is 18.9. The Hall–Kier alpha value is -5.27. The van der Waals surface area contributed by atoms with E-state index in [1.165, 1.54) is 7.11 Å². The van der Waals surface area contributed by atoms with Crippen molar-refractivity contribution in [1.29, 1.82) is 0 Å². The zero-order valence-electron chi connectivity index (χ0n) is 31.5. The predicted octanol–water partition coefficient (Wildman–Crippen LogP) is 3.99. The van der Waals surface area contributed by atoms with Crippen LogP contribution in [0.2, 0.25) is 0 Å². The van der Waals surface area contributed by atoms with Crippen molar-refractivity contribution >= 4 is 34.1 Å². The van der Waals surface area contributed by atoms with Gasteiger partial charge in [0.1, 0.15) is 23.0 Å². The number of amides is 2. The number of anilines is 1. The normalized spacial score (nSPS) is 17.6. The second-order valence-corrected chi connectivity index (χ2v) is 14.4. The van der Waals surface area contributed by atoms with Crippen molar-refractivity contribution in [2.75, 3.05) is 78.6 Å². The molecule has 4 aromatic rings. The molecule has 2 amide bonds. The first-order chi connectivity index (χ1) is 26.2. The molecule has 0 unspecified atom stereocenters. The molecular formula is C41H48N6O7. The Kier molecular flexibility index (Phi) is 11.0. The van der Waals surface area contributed by atoms with Crippen LogP contribution >= 0.6 is 0 Å². The SMILES string of the molecule is COc1ccc(C(=O)N2CCC(CN3CCN(Cc4c(OC)cc(-c5cn(C)c(=O)c6cnccc56)cc4OC)CC3)CC2)cc1N1CCC(=O)CC1=O. The molecule has 0 atom stereocenters. The van der Waals surface area contributed by atoms with E-state index in [4.69, 9.17) is 14.2 Å². The van der Waals surface area contributed by atoms with Crippen LogP contribution in [0.25, 0.3) is 21.9 Å². The number of ether oxygens (including phenoxy) is 3. The number of piperidine rings is 2. The predicted molar refractivity (Wildman–Crippen MR) is 205 cm³/mol. The summed E-state index contributed by atoms with van der Waals surface area (Å²) in [6.45, 7) is 7.09. The lowest BCUT2D eigenvalue weighted by Gasteiger charge is -2.39. The van der Waals surface area contributed by atoms with Gasteiger partial charge in [-0.2, -0.15) is 0 Å². The van der Waals surface area contributed by atoms with Gasteiger partial charge in [0.15, 0.2) is 0 Å². The lowest BCUT2D eigenvalue weighted by atomic mass is 9.95. The molecule has 13 nitrogen and oxygen atoms in total. The highest BCUT2D eigenvalue weighted by molar-refractivity contribution is 6.09. The quantitative estimate of drug-likeness (QED) is 0.221. The maximum atomic E-state index is 13.6. The van der Waals surface area contributed by atoms with Crippen LogP contribution in [0.1, 0.15) is 41.6 Å². The zero-order chi connectivity index (χ0) is 37.9. The highest BCUT2D eigenvalue weighted by Crippen LogP contribution is 2.38. The number of rotatable bonds is 10. The summed E-state index contributed by atoms with van der Waals surface area (Å²) in [5.74, 6) is 2.11. The minimum Gasteiger partial charge on any atom is -0.496 e. The molecular weight excluding hydrogens is 688 g/mol. The first-order valence-corrected chi connectivity index (χ1v) is 18.6. The maximum Gasteiger partial charge on any atom is 0.259 e. The van der Waals surface area contributed by atoms with Crippen LogP contribution in [-0.2, 0) is 23.2 Å². The summed E-state index contributed by atoms with van der Waals surface area (Å²) in [6.07, 6.45) is 7.20. The Bertz CT molecular complexity index is 2090. The fourth-order valence-corrected chi connectivity index (χ4v) is 8.06. The van der Waals surface area contributed by atoms with Crippen molar-refractivity contribution in [1.82, 2.24) is 24.3 Å². The van der Waals surface area contributed by atoms with Gasteiger partial charge >= 0.3 is 0 Å². The second kappa shape index (κ2) is 16.0. The number of hydrogen-bond acceptors (Lipinski definition) is 10. The second-order valence-electron chi connectivity index (χ2n) is 14.4. The molecule has 2 aromatic carbocycles. The molecule has 3 fully saturated rings. The first-order valence-electron chi connectivity index (χ1n) is 18.6. The zero-order valence-corrected chi connectivity index (χ0v) is 31.5. The lowest BCUT2D eigenvalue weighted by molar-refractivity contribution is -0.128. The van der Waals surface area contributed by atoms with Crippen molar-refractivity contribution in [3.63, 3.8) is 0 Å². The first kappa shape index (κ1) is 37.1. The Morgan fingerprint density at radius 2 is 1.50 bits per heavy atom. The van der Waals surface area contributed by atoms with E-state index in [0.29, 0.717) is 54.4 Å². The third-order valence-corrected chi connectivity index (χ3v) is 11.1. The van der Waals surface area contributed by atoms with E-state index in [-0.39, 0.29) is 36.1 Å². The van der Waals surface area contributed by atoms with Crippen molar-refractivity contribution in [2.45, 2.75) is 32.2 Å². The van der Waals surface area contributed by atoms with Crippen LogP contribution in [0.5, 0.6) is 17.2 Å². The third kappa shape index (κ3) is 7.56. The van der Waals surface area contributed by atoms with Crippen molar-refractivity contribution in [3.05, 3.63) is 76.5 Å². The van der Waals surface area contributed by atoms with Crippen LogP contribution in [0.3, 0.4) is 0 Å². The minimum atomic E-state index is -0.268. The van der Waals surface area contributed by atoms with Crippen molar-refractivity contribution < 1.29 is 28.6 Å². The van der Waals surface area contributed by atoms with E-state index in [1.807, 2.05) is 29.3 Å². The van der Waals surface area contributed by atoms with Crippen molar-refractivity contribution in [3.8, 4) is 28.4 Å². The molecule has 54 heavy (non-hydrogen) atoms. The number of ketones is 1. The fourth-order valence-electron chi connectivity index (χ4n) is 8.06. The third-order valence-electron chi connectivity index (χ3n) is 11.1. The number of hydrogen-bond donors (Lipinski definition) is 0. The smallest absolute Gasteiger partial charge is 0.259 e. The summed E-state index contributed by atoms with van der Waals surface area (Å²) in [6, 6.07) is 11.1. The molecule has 3 saturated heterocycles. The summed E-state index contributed by atoms with van der Waals surface area (Å²) in [7, 11) is 6.64. The van der Waals surface area contributed by atoms with Gasteiger partial charge in [-0.1, -0.05) is 0 Å². The van der Waals surface area contributed by atoms with Gasteiger partial charge in [-0.05, 0) is 66.1 Å². The maximum absolute atomic E-state index is 13.6. The largest absolute Gasteiger partial charge is 0.496 e. The Morgan fingerprint density at radius 1 is 0.815 bits per heavy atom. The standard InChI is InChI=1S/C41H48N6O7/c1-43-25-33(31-7-11-42-23-32(31)41(43)51)29-20-37(53-3)34(38(21-29)54-4)26-45-17-15-44(16-18-45)24-27-8-12-46(13-9-27)40(50)28-5-6-36(52-2)35(19-28)47-14-10-30(48)22-39(47)49/h5-7,11,19-21,23,25,27H,8-10,12-18,22,24,26H2,1-4H3. The molecule has 284 valence electrons. The van der Waals surface area contributed by atoms with Crippen LogP contribution in [0.4, 0.5) is 5.69 Å². The number of Topliss-reactive ketones (excluding diaryl/α,β-unsaturated/α-hetero) is 1. The molecule has 0 radical (unpaired) electrons. The van der Waals surface area contributed by atoms with Gasteiger partial charge in [-0.15, -0.1) is 0 Å². The average molecular weight is 737 g/mol. The molecule has 0 saturated carbocycles. The van der Waals surface area contributed by atoms with Gasteiger partial charge in [0.05, 0.1) is 44.4 Å². The fraction of sp³-hybridized carbons (Fsp3) is 0.439. The molecule has 3 aliphatic rings. The molecule has 3 aliphatic heterocycles. The van der Waals surface area contributed by atoms with E-state index < -0.39 is 0 Å². The van der Waals surface area contributed by atoms with Gasteiger partial charge in [0, 0.05) is 102 Å². The van der Waals surface area contributed by atoms with E-state index in [9.17, 15) is 19.2 Å². The number of aryl methyl sites for hydroxylation is 1. The Balaban J connectivity index is 0.942. The van der Waals surface area contributed by atoms with Gasteiger partial charge in [-0.3, -0.25) is 29.1 Å². The summed E-state index contributed by atoms with van der Waals surface area (Å²) in [5.41, 5.74) is 3.76. The summed E-state index contributed by atoms with van der Waals surface area (Å²) >= 11 is 0.